The van der Waals surface area contributed by atoms with E-state index in [9.17, 15) is 18.0 Å². The number of ether oxygens (including phenoxy) is 1. The number of aromatic nitrogens is 1. The fraction of sp³-hybridized carbons (Fsp3) is 0.0741. The third-order valence-electron chi connectivity index (χ3n) is 5.18. The SMILES string of the molecule is COc1cc(NS(C)(=O)=O)ccc1Nc1c2ccccc2nc2ccccc12.O=C1C=CC(=O)C=C1. The molecule has 5 rings (SSSR count). The highest BCUT2D eigenvalue weighted by atomic mass is 32.2. The number of benzene rings is 3. The van der Waals surface area contributed by atoms with Crippen molar-refractivity contribution < 1.29 is 22.7 Å². The van der Waals surface area contributed by atoms with Crippen LogP contribution < -0.4 is 14.8 Å². The number of pyridine rings is 1. The topological polar surface area (TPSA) is 114 Å². The van der Waals surface area contributed by atoms with E-state index in [-0.39, 0.29) is 11.6 Å². The van der Waals surface area contributed by atoms with Crippen molar-refractivity contribution in [1.29, 1.82) is 0 Å². The van der Waals surface area contributed by atoms with Crippen molar-refractivity contribution in [2.45, 2.75) is 0 Å². The van der Waals surface area contributed by atoms with Gasteiger partial charge in [-0.25, -0.2) is 13.4 Å². The van der Waals surface area contributed by atoms with Crippen LogP contribution in [-0.4, -0.2) is 38.3 Å². The summed E-state index contributed by atoms with van der Waals surface area (Å²) in [6, 6.07) is 21.0. The summed E-state index contributed by atoms with van der Waals surface area (Å²) in [4.78, 5) is 25.3. The van der Waals surface area contributed by atoms with Crippen LogP contribution in [0.25, 0.3) is 21.8 Å². The van der Waals surface area contributed by atoms with Gasteiger partial charge in [0.15, 0.2) is 11.6 Å². The van der Waals surface area contributed by atoms with Crippen molar-refractivity contribution in [3.8, 4) is 5.75 Å². The minimum atomic E-state index is -3.37. The molecule has 1 aliphatic rings. The molecule has 1 heterocycles. The van der Waals surface area contributed by atoms with Gasteiger partial charge in [-0.15, -0.1) is 0 Å². The Morgan fingerprint density at radius 2 is 1.31 bits per heavy atom. The molecule has 4 aromatic rings. The first-order chi connectivity index (χ1) is 17.2. The van der Waals surface area contributed by atoms with E-state index in [0.717, 1.165) is 39.4 Å². The summed E-state index contributed by atoms with van der Waals surface area (Å²) in [5.74, 6) is 0.285. The molecular weight excluding hydrogens is 478 g/mol. The normalized spacial score (nSPS) is 12.8. The first-order valence-electron chi connectivity index (χ1n) is 10.9. The van der Waals surface area contributed by atoms with Crippen molar-refractivity contribution in [1.82, 2.24) is 4.98 Å². The molecule has 0 fully saturated rings. The smallest absolute Gasteiger partial charge is 0.229 e. The number of ketones is 2. The molecule has 0 saturated carbocycles. The molecule has 0 aliphatic heterocycles. The lowest BCUT2D eigenvalue weighted by molar-refractivity contribution is -0.113. The summed E-state index contributed by atoms with van der Waals surface area (Å²) in [5, 5.41) is 5.43. The van der Waals surface area contributed by atoms with Gasteiger partial charge in [-0.2, -0.15) is 0 Å². The number of carbonyl (C=O) groups excluding carboxylic acids is 2. The Balaban J connectivity index is 0.000000325. The van der Waals surface area contributed by atoms with Crippen molar-refractivity contribution >= 4 is 60.5 Å². The average molecular weight is 502 g/mol. The van der Waals surface area contributed by atoms with E-state index in [2.05, 4.69) is 10.0 Å². The molecule has 182 valence electrons. The number of carbonyl (C=O) groups is 2. The van der Waals surface area contributed by atoms with Crippen molar-refractivity contribution in [3.63, 3.8) is 0 Å². The number of methoxy groups -OCH3 is 1. The van der Waals surface area contributed by atoms with Gasteiger partial charge in [0.1, 0.15) is 5.75 Å². The lowest BCUT2D eigenvalue weighted by Crippen LogP contribution is -2.09. The maximum Gasteiger partial charge on any atom is 0.229 e. The van der Waals surface area contributed by atoms with E-state index < -0.39 is 10.0 Å². The lowest BCUT2D eigenvalue weighted by atomic mass is 10.1. The van der Waals surface area contributed by atoms with Gasteiger partial charge < -0.3 is 10.1 Å². The number of hydrogen-bond acceptors (Lipinski definition) is 7. The number of sulfonamides is 1. The highest BCUT2D eigenvalue weighted by Gasteiger charge is 2.13. The molecule has 36 heavy (non-hydrogen) atoms. The van der Waals surface area contributed by atoms with Crippen LogP contribution in [0.3, 0.4) is 0 Å². The number of rotatable bonds is 5. The Hall–Kier alpha value is -4.50. The largest absolute Gasteiger partial charge is 0.494 e. The Bertz CT molecular complexity index is 1550. The molecule has 0 atom stereocenters. The van der Waals surface area contributed by atoms with E-state index in [1.54, 1.807) is 25.3 Å². The zero-order chi connectivity index (χ0) is 25.7. The second-order valence-corrected chi connectivity index (χ2v) is 9.66. The van der Waals surface area contributed by atoms with Gasteiger partial charge in [0, 0.05) is 16.8 Å². The molecular formula is C27H23N3O5S. The van der Waals surface area contributed by atoms with Crippen molar-refractivity contribution in [3.05, 3.63) is 91.0 Å². The molecule has 9 heteroatoms. The number of nitrogens with zero attached hydrogens (tertiary/aromatic N) is 1. The van der Waals surface area contributed by atoms with Gasteiger partial charge in [-0.05, 0) is 48.6 Å². The molecule has 0 unspecified atom stereocenters. The zero-order valence-electron chi connectivity index (χ0n) is 19.6. The summed E-state index contributed by atoms with van der Waals surface area (Å²) < 4.78 is 30.9. The Morgan fingerprint density at radius 3 is 1.81 bits per heavy atom. The van der Waals surface area contributed by atoms with Crippen molar-refractivity contribution in [2.75, 3.05) is 23.4 Å². The van der Waals surface area contributed by atoms with E-state index in [1.165, 1.54) is 24.3 Å². The molecule has 8 nitrogen and oxygen atoms in total. The van der Waals surface area contributed by atoms with Crippen LogP contribution in [0.1, 0.15) is 0 Å². The van der Waals surface area contributed by atoms with Crippen LogP contribution in [0.4, 0.5) is 17.1 Å². The molecule has 0 saturated heterocycles. The number of nitrogens with one attached hydrogen (secondary N) is 2. The monoisotopic (exact) mass is 501 g/mol. The van der Waals surface area contributed by atoms with Gasteiger partial charge >= 0.3 is 0 Å². The summed E-state index contributed by atoms with van der Waals surface area (Å²) in [6.45, 7) is 0. The summed E-state index contributed by atoms with van der Waals surface area (Å²) >= 11 is 0. The molecule has 1 aromatic heterocycles. The fourth-order valence-corrected chi connectivity index (χ4v) is 4.18. The third-order valence-corrected chi connectivity index (χ3v) is 5.78. The third kappa shape index (κ3) is 5.94. The van der Waals surface area contributed by atoms with Gasteiger partial charge in [0.25, 0.3) is 0 Å². The van der Waals surface area contributed by atoms with Crippen molar-refractivity contribution in [2.24, 2.45) is 0 Å². The number of hydrogen-bond donors (Lipinski definition) is 2. The number of para-hydroxylation sites is 2. The van der Waals surface area contributed by atoms with Crippen LogP contribution in [0.5, 0.6) is 5.75 Å². The lowest BCUT2D eigenvalue weighted by Gasteiger charge is -2.16. The average Bonchev–Trinajstić information content (AvgIpc) is 2.86. The summed E-state index contributed by atoms with van der Waals surface area (Å²) in [7, 11) is -1.82. The molecule has 2 N–H and O–H groups in total. The molecule has 0 spiro atoms. The molecule has 0 amide bonds. The predicted molar refractivity (Wildman–Crippen MR) is 142 cm³/mol. The Labute approximate surface area is 208 Å². The molecule has 0 bridgehead atoms. The van der Waals surface area contributed by atoms with E-state index in [4.69, 9.17) is 9.72 Å². The summed E-state index contributed by atoms with van der Waals surface area (Å²) in [5.41, 5.74) is 3.86. The minimum Gasteiger partial charge on any atom is -0.494 e. The van der Waals surface area contributed by atoms with Crippen LogP contribution in [0.2, 0.25) is 0 Å². The first kappa shape index (κ1) is 24.6. The summed E-state index contributed by atoms with van der Waals surface area (Å²) in [6.07, 6.45) is 6.12. The van der Waals surface area contributed by atoms with Gasteiger partial charge in [-0.1, -0.05) is 36.4 Å². The number of anilines is 3. The second-order valence-electron chi connectivity index (χ2n) is 7.91. The highest BCUT2D eigenvalue weighted by molar-refractivity contribution is 7.92. The standard InChI is InChI=1S/C21H19N3O3S.C6H4O2/c1-27-20-13-14(24-28(2,25)26)11-12-19(20)23-21-15-7-3-5-9-17(15)22-18-10-6-4-8-16(18)21;7-5-1-2-6(8)4-3-5/h3-13,24H,1-2H3,(H,22,23);1-4H. The molecule has 3 aromatic carbocycles. The van der Waals surface area contributed by atoms with Crippen LogP contribution in [0, 0.1) is 0 Å². The quantitative estimate of drug-likeness (QED) is 0.299. The Kier molecular flexibility index (Phi) is 7.12. The van der Waals surface area contributed by atoms with Gasteiger partial charge in [-0.3, -0.25) is 14.3 Å². The maximum atomic E-state index is 11.5. The number of fused-ring (bicyclic) bond motifs is 2. The van der Waals surface area contributed by atoms with Gasteiger partial charge in [0.2, 0.25) is 10.0 Å². The molecule has 1 aliphatic carbocycles. The number of allylic oxidation sites excluding steroid dienone is 4. The zero-order valence-corrected chi connectivity index (χ0v) is 20.4. The second kappa shape index (κ2) is 10.4. The first-order valence-corrected chi connectivity index (χ1v) is 12.8. The van der Waals surface area contributed by atoms with Gasteiger partial charge in [0.05, 0.1) is 41.5 Å². The highest BCUT2D eigenvalue weighted by Crippen LogP contribution is 2.37. The Morgan fingerprint density at radius 1 is 0.778 bits per heavy atom. The van der Waals surface area contributed by atoms with Crippen LogP contribution >= 0.6 is 0 Å². The van der Waals surface area contributed by atoms with E-state index in [0.29, 0.717) is 11.4 Å². The minimum absolute atomic E-state index is 0.121. The predicted octanol–water partition coefficient (Wildman–Crippen LogP) is 4.76. The maximum absolute atomic E-state index is 11.5. The van der Waals surface area contributed by atoms with Crippen LogP contribution in [0.15, 0.2) is 91.0 Å². The molecule has 0 radical (unpaired) electrons. The van der Waals surface area contributed by atoms with Crippen LogP contribution in [-0.2, 0) is 19.6 Å². The van der Waals surface area contributed by atoms with E-state index >= 15 is 0 Å². The fourth-order valence-electron chi connectivity index (χ4n) is 3.62. The van der Waals surface area contributed by atoms with E-state index in [1.807, 2.05) is 48.5 Å².